The molecular formula is C13H18N2O2. The molecule has 0 aliphatic carbocycles. The minimum absolute atomic E-state index is 0.304. The van der Waals surface area contributed by atoms with Crippen LogP contribution in [-0.2, 0) is 4.74 Å². The second kappa shape index (κ2) is 5.17. The summed E-state index contributed by atoms with van der Waals surface area (Å²) in [5.41, 5.74) is 2.61. The highest BCUT2D eigenvalue weighted by Gasteiger charge is 2.21. The van der Waals surface area contributed by atoms with E-state index >= 15 is 0 Å². The maximum atomic E-state index is 11.7. The molecule has 0 atom stereocenters. The molecule has 1 aliphatic rings. The topological polar surface area (TPSA) is 42.4 Å². The molecule has 0 unspecified atom stereocenters. The van der Waals surface area contributed by atoms with Crippen molar-refractivity contribution >= 4 is 11.7 Å². The van der Waals surface area contributed by atoms with Gasteiger partial charge in [0, 0.05) is 25.5 Å². The van der Waals surface area contributed by atoms with Gasteiger partial charge in [0.05, 0.1) is 12.8 Å². The zero-order valence-electron chi connectivity index (χ0n) is 10.4. The zero-order chi connectivity index (χ0) is 12.3. The maximum absolute atomic E-state index is 11.7. The van der Waals surface area contributed by atoms with Gasteiger partial charge >= 0.3 is 5.97 Å². The second-order valence-electron chi connectivity index (χ2n) is 4.39. The fraction of sp³-hybridized carbons (Fsp3) is 0.538. The molecule has 1 saturated heterocycles. The summed E-state index contributed by atoms with van der Waals surface area (Å²) in [4.78, 5) is 18.1. The Balaban J connectivity index is 2.39. The van der Waals surface area contributed by atoms with Gasteiger partial charge in [-0.3, -0.25) is 4.98 Å². The predicted octanol–water partition coefficient (Wildman–Crippen LogP) is 2.17. The molecule has 17 heavy (non-hydrogen) atoms. The van der Waals surface area contributed by atoms with Gasteiger partial charge < -0.3 is 9.64 Å². The van der Waals surface area contributed by atoms with Crippen LogP contribution in [0.4, 0.5) is 5.69 Å². The number of pyridine rings is 1. The molecule has 0 saturated carbocycles. The maximum Gasteiger partial charge on any atom is 0.341 e. The lowest BCUT2D eigenvalue weighted by molar-refractivity contribution is 0.0601. The van der Waals surface area contributed by atoms with Gasteiger partial charge in [0.15, 0.2) is 0 Å². The first-order valence-corrected chi connectivity index (χ1v) is 6.02. The van der Waals surface area contributed by atoms with E-state index in [2.05, 4.69) is 9.88 Å². The molecule has 1 aromatic heterocycles. The smallest absolute Gasteiger partial charge is 0.341 e. The van der Waals surface area contributed by atoms with Crippen molar-refractivity contribution in [3.05, 3.63) is 23.5 Å². The van der Waals surface area contributed by atoms with Crippen LogP contribution in [-0.4, -0.2) is 31.2 Å². The summed E-state index contributed by atoms with van der Waals surface area (Å²) in [6.45, 7) is 4.01. The number of nitrogens with zero attached hydrogens (tertiary/aromatic N) is 2. The van der Waals surface area contributed by atoms with Crippen LogP contribution in [0.15, 0.2) is 12.4 Å². The summed E-state index contributed by atoms with van der Waals surface area (Å²) in [5, 5.41) is 0. The lowest BCUT2D eigenvalue weighted by atomic mass is 10.1. The van der Waals surface area contributed by atoms with Crippen molar-refractivity contribution in [2.45, 2.75) is 26.2 Å². The van der Waals surface area contributed by atoms with Crippen molar-refractivity contribution in [2.75, 3.05) is 25.1 Å². The number of anilines is 1. The zero-order valence-corrected chi connectivity index (χ0v) is 10.4. The Hall–Kier alpha value is -1.58. The van der Waals surface area contributed by atoms with Crippen molar-refractivity contribution in [1.29, 1.82) is 0 Å². The molecule has 2 heterocycles. The number of carbonyl (C=O) groups is 1. The summed E-state index contributed by atoms with van der Waals surface area (Å²) in [7, 11) is 1.41. The van der Waals surface area contributed by atoms with Crippen LogP contribution in [0.2, 0.25) is 0 Å². The van der Waals surface area contributed by atoms with Crippen LogP contribution in [0, 0.1) is 6.92 Å². The normalized spacial score (nSPS) is 15.8. The van der Waals surface area contributed by atoms with Crippen molar-refractivity contribution in [3.8, 4) is 0 Å². The van der Waals surface area contributed by atoms with Crippen LogP contribution in [0.5, 0.6) is 0 Å². The minimum atomic E-state index is -0.304. The third-order valence-corrected chi connectivity index (χ3v) is 3.18. The number of aryl methyl sites for hydroxylation is 1. The molecule has 1 fully saturated rings. The van der Waals surface area contributed by atoms with E-state index in [0.29, 0.717) is 5.56 Å². The second-order valence-corrected chi connectivity index (χ2v) is 4.39. The number of carbonyl (C=O) groups excluding carboxylic acids is 1. The summed E-state index contributed by atoms with van der Waals surface area (Å²) in [6.07, 6.45) is 7.04. The van der Waals surface area contributed by atoms with Gasteiger partial charge in [-0.05, 0) is 31.7 Å². The fourth-order valence-corrected chi connectivity index (χ4v) is 2.35. The predicted molar refractivity (Wildman–Crippen MR) is 66.4 cm³/mol. The van der Waals surface area contributed by atoms with Crippen molar-refractivity contribution < 1.29 is 9.53 Å². The molecule has 0 aromatic carbocycles. The number of rotatable bonds is 2. The first-order chi connectivity index (χ1) is 8.24. The van der Waals surface area contributed by atoms with Crippen LogP contribution in [0.1, 0.15) is 35.2 Å². The lowest BCUT2D eigenvalue weighted by Gasteiger charge is -2.31. The van der Waals surface area contributed by atoms with Gasteiger partial charge in [-0.15, -0.1) is 0 Å². The fourth-order valence-electron chi connectivity index (χ4n) is 2.35. The Bertz CT molecular complexity index is 412. The standard InChI is InChI=1S/C13H18N2O2/c1-10-8-14-9-11(13(16)17-2)12(10)15-6-4-3-5-7-15/h8-9H,3-7H2,1-2H3. The van der Waals surface area contributed by atoms with Crippen LogP contribution in [0.25, 0.3) is 0 Å². The van der Waals surface area contributed by atoms with E-state index in [1.54, 1.807) is 12.4 Å². The quantitative estimate of drug-likeness (QED) is 0.735. The highest BCUT2D eigenvalue weighted by molar-refractivity contribution is 5.96. The molecule has 2 rings (SSSR count). The van der Waals surface area contributed by atoms with E-state index in [0.717, 1.165) is 24.3 Å². The number of hydrogen-bond donors (Lipinski definition) is 0. The molecule has 1 aliphatic heterocycles. The van der Waals surface area contributed by atoms with E-state index in [1.165, 1.54) is 26.4 Å². The monoisotopic (exact) mass is 234 g/mol. The number of methoxy groups -OCH3 is 1. The van der Waals surface area contributed by atoms with Gasteiger partial charge in [0.2, 0.25) is 0 Å². The summed E-state index contributed by atoms with van der Waals surface area (Å²) < 4.78 is 4.82. The van der Waals surface area contributed by atoms with Gasteiger partial charge in [0.25, 0.3) is 0 Å². The molecule has 1 aromatic rings. The lowest BCUT2D eigenvalue weighted by Crippen LogP contribution is -2.31. The first kappa shape index (κ1) is 11.9. The van der Waals surface area contributed by atoms with Crippen molar-refractivity contribution in [1.82, 2.24) is 4.98 Å². The number of ether oxygens (including phenoxy) is 1. The molecule has 0 bridgehead atoms. The van der Waals surface area contributed by atoms with E-state index in [4.69, 9.17) is 4.74 Å². The Morgan fingerprint density at radius 2 is 2.00 bits per heavy atom. The number of esters is 1. The largest absolute Gasteiger partial charge is 0.465 e. The van der Waals surface area contributed by atoms with Crippen molar-refractivity contribution in [3.63, 3.8) is 0 Å². The minimum Gasteiger partial charge on any atom is -0.465 e. The molecule has 4 heteroatoms. The SMILES string of the molecule is COC(=O)c1cncc(C)c1N1CCCCC1. The molecule has 92 valence electrons. The van der Waals surface area contributed by atoms with Crippen molar-refractivity contribution in [2.24, 2.45) is 0 Å². The van der Waals surface area contributed by atoms with Gasteiger partial charge in [-0.1, -0.05) is 0 Å². The number of aromatic nitrogens is 1. The summed E-state index contributed by atoms with van der Waals surface area (Å²) in [6, 6.07) is 0. The Labute approximate surface area is 102 Å². The van der Waals surface area contributed by atoms with E-state index < -0.39 is 0 Å². The third-order valence-electron chi connectivity index (χ3n) is 3.18. The van der Waals surface area contributed by atoms with Crippen LogP contribution < -0.4 is 4.90 Å². The number of piperidine rings is 1. The summed E-state index contributed by atoms with van der Waals surface area (Å²) in [5.74, 6) is -0.304. The highest BCUT2D eigenvalue weighted by atomic mass is 16.5. The number of hydrogen-bond acceptors (Lipinski definition) is 4. The average molecular weight is 234 g/mol. The Morgan fingerprint density at radius 3 is 2.65 bits per heavy atom. The average Bonchev–Trinajstić information content (AvgIpc) is 2.38. The van der Waals surface area contributed by atoms with Crippen LogP contribution in [0.3, 0.4) is 0 Å². The third kappa shape index (κ3) is 2.40. The molecule has 0 N–H and O–H groups in total. The van der Waals surface area contributed by atoms with E-state index in [-0.39, 0.29) is 5.97 Å². The Morgan fingerprint density at radius 1 is 1.29 bits per heavy atom. The van der Waals surface area contributed by atoms with Gasteiger partial charge in [-0.25, -0.2) is 4.79 Å². The van der Waals surface area contributed by atoms with Gasteiger partial charge in [-0.2, -0.15) is 0 Å². The summed E-state index contributed by atoms with van der Waals surface area (Å²) >= 11 is 0. The molecule has 0 radical (unpaired) electrons. The van der Waals surface area contributed by atoms with Gasteiger partial charge in [0.1, 0.15) is 5.56 Å². The Kier molecular flexibility index (Phi) is 3.61. The first-order valence-electron chi connectivity index (χ1n) is 6.02. The molecular weight excluding hydrogens is 216 g/mol. The molecule has 0 spiro atoms. The molecule has 0 amide bonds. The van der Waals surface area contributed by atoms with E-state index in [1.807, 2.05) is 6.92 Å². The highest BCUT2D eigenvalue weighted by Crippen LogP contribution is 2.27. The molecule has 4 nitrogen and oxygen atoms in total. The van der Waals surface area contributed by atoms with E-state index in [9.17, 15) is 4.79 Å². The van der Waals surface area contributed by atoms with Crippen LogP contribution >= 0.6 is 0 Å².